The van der Waals surface area contributed by atoms with Crippen LogP contribution in [0, 0.1) is 0 Å². The van der Waals surface area contributed by atoms with Crippen LogP contribution in [0.15, 0.2) is 52.0 Å². The number of carbonyl (C=O) groups is 3. The number of imide groups is 1. The van der Waals surface area contributed by atoms with Gasteiger partial charge in [-0.15, -0.1) is 11.8 Å². The lowest BCUT2D eigenvalue weighted by Gasteiger charge is -2.09. The number of furan rings is 1. The van der Waals surface area contributed by atoms with E-state index in [-0.39, 0.29) is 6.54 Å². The highest BCUT2D eigenvalue weighted by Gasteiger charge is 2.15. The van der Waals surface area contributed by atoms with Gasteiger partial charge in [-0.1, -0.05) is 19.1 Å². The number of benzene rings is 1. The number of thioether (sulfide) groups is 1. The standard InChI is InChI=1S/C17H18N2O5S/c1-2-25-14-8-4-3-7-13(14)16(21)24-11-15(20)19-17(22)18-10-12-6-5-9-23-12/h3-9H,2,10-11H2,1H3,(H2,18,19,20,22). The van der Waals surface area contributed by atoms with Gasteiger partial charge in [-0.05, 0) is 30.0 Å². The Balaban J connectivity index is 1.77. The minimum atomic E-state index is -0.717. The monoisotopic (exact) mass is 362 g/mol. The molecule has 0 saturated heterocycles. The van der Waals surface area contributed by atoms with Crippen LogP contribution in [-0.4, -0.2) is 30.3 Å². The molecule has 2 N–H and O–H groups in total. The van der Waals surface area contributed by atoms with E-state index in [0.29, 0.717) is 11.3 Å². The van der Waals surface area contributed by atoms with Gasteiger partial charge in [0.15, 0.2) is 6.61 Å². The molecule has 1 heterocycles. The normalized spacial score (nSPS) is 10.1. The van der Waals surface area contributed by atoms with E-state index in [1.807, 2.05) is 19.1 Å². The van der Waals surface area contributed by atoms with Crippen LogP contribution in [0.5, 0.6) is 0 Å². The molecule has 0 atom stereocenters. The van der Waals surface area contributed by atoms with Crippen molar-refractivity contribution in [3.8, 4) is 0 Å². The number of esters is 1. The van der Waals surface area contributed by atoms with Gasteiger partial charge in [-0.3, -0.25) is 10.1 Å². The van der Waals surface area contributed by atoms with Crippen molar-refractivity contribution < 1.29 is 23.5 Å². The lowest BCUT2D eigenvalue weighted by molar-refractivity contribution is -0.123. The minimum absolute atomic E-state index is 0.146. The van der Waals surface area contributed by atoms with Crippen LogP contribution in [0.2, 0.25) is 0 Å². The molecule has 0 aliphatic rings. The summed E-state index contributed by atoms with van der Waals surface area (Å²) in [5, 5.41) is 4.53. The van der Waals surface area contributed by atoms with Crippen LogP contribution in [0.4, 0.5) is 4.79 Å². The highest BCUT2D eigenvalue weighted by molar-refractivity contribution is 7.99. The first-order valence-corrected chi connectivity index (χ1v) is 8.57. The summed E-state index contributed by atoms with van der Waals surface area (Å²) < 4.78 is 10.0. The van der Waals surface area contributed by atoms with Crippen molar-refractivity contribution in [2.75, 3.05) is 12.4 Å². The van der Waals surface area contributed by atoms with Crippen LogP contribution in [0.25, 0.3) is 0 Å². The summed E-state index contributed by atoms with van der Waals surface area (Å²) in [5.41, 5.74) is 0.393. The first-order valence-electron chi connectivity index (χ1n) is 7.59. The van der Waals surface area contributed by atoms with Crippen LogP contribution < -0.4 is 10.6 Å². The molecule has 2 aromatic rings. The third-order valence-electron chi connectivity index (χ3n) is 3.00. The second-order valence-electron chi connectivity index (χ2n) is 4.82. The predicted octanol–water partition coefficient (Wildman–Crippen LogP) is 2.57. The van der Waals surface area contributed by atoms with Gasteiger partial charge >= 0.3 is 12.0 Å². The van der Waals surface area contributed by atoms with E-state index in [2.05, 4.69) is 10.6 Å². The molecule has 0 spiro atoms. The van der Waals surface area contributed by atoms with Crippen LogP contribution in [0.1, 0.15) is 23.0 Å². The molecule has 0 aliphatic carbocycles. The van der Waals surface area contributed by atoms with E-state index in [0.717, 1.165) is 10.6 Å². The van der Waals surface area contributed by atoms with Gasteiger partial charge in [0.1, 0.15) is 5.76 Å². The van der Waals surface area contributed by atoms with Crippen LogP contribution >= 0.6 is 11.8 Å². The number of urea groups is 1. The Morgan fingerprint density at radius 2 is 1.96 bits per heavy atom. The molecule has 8 heteroatoms. The van der Waals surface area contributed by atoms with E-state index < -0.39 is 24.5 Å². The van der Waals surface area contributed by atoms with Crippen LogP contribution in [-0.2, 0) is 16.1 Å². The molecule has 132 valence electrons. The summed E-state index contributed by atoms with van der Waals surface area (Å²) in [4.78, 5) is 36.1. The van der Waals surface area contributed by atoms with Crippen molar-refractivity contribution in [2.24, 2.45) is 0 Å². The quantitative estimate of drug-likeness (QED) is 0.580. The average molecular weight is 362 g/mol. The van der Waals surface area contributed by atoms with Crippen molar-refractivity contribution in [1.29, 1.82) is 0 Å². The SMILES string of the molecule is CCSc1ccccc1C(=O)OCC(=O)NC(=O)NCc1ccco1. The van der Waals surface area contributed by atoms with Gasteiger partial charge in [0, 0.05) is 4.90 Å². The molecule has 0 aliphatic heterocycles. The number of amides is 3. The van der Waals surface area contributed by atoms with Crippen molar-refractivity contribution in [3.63, 3.8) is 0 Å². The lowest BCUT2D eigenvalue weighted by Crippen LogP contribution is -2.41. The topological polar surface area (TPSA) is 97.6 Å². The van der Waals surface area contributed by atoms with Crippen molar-refractivity contribution in [3.05, 3.63) is 54.0 Å². The maximum absolute atomic E-state index is 12.1. The minimum Gasteiger partial charge on any atom is -0.467 e. The molecule has 0 unspecified atom stereocenters. The average Bonchev–Trinajstić information content (AvgIpc) is 3.12. The molecule has 0 bridgehead atoms. The molecular weight excluding hydrogens is 344 g/mol. The molecule has 0 saturated carbocycles. The highest BCUT2D eigenvalue weighted by Crippen LogP contribution is 2.22. The smallest absolute Gasteiger partial charge is 0.339 e. The summed E-state index contributed by atoms with van der Waals surface area (Å²) in [7, 11) is 0. The summed E-state index contributed by atoms with van der Waals surface area (Å²) in [6, 6.07) is 9.67. The van der Waals surface area contributed by atoms with E-state index in [4.69, 9.17) is 9.15 Å². The zero-order chi connectivity index (χ0) is 18.1. The van der Waals surface area contributed by atoms with Crippen molar-refractivity contribution in [2.45, 2.75) is 18.4 Å². The molecule has 3 amide bonds. The number of nitrogens with one attached hydrogen (secondary N) is 2. The maximum atomic E-state index is 12.1. The summed E-state index contributed by atoms with van der Waals surface area (Å²) in [6.07, 6.45) is 1.48. The van der Waals surface area contributed by atoms with Gasteiger partial charge < -0.3 is 14.5 Å². The molecule has 1 aromatic heterocycles. The number of carbonyl (C=O) groups excluding carboxylic acids is 3. The first-order chi connectivity index (χ1) is 12.1. The van der Waals surface area contributed by atoms with E-state index in [9.17, 15) is 14.4 Å². The van der Waals surface area contributed by atoms with Gasteiger partial charge in [0.25, 0.3) is 5.91 Å². The summed E-state index contributed by atoms with van der Waals surface area (Å²) in [6.45, 7) is 1.58. The highest BCUT2D eigenvalue weighted by atomic mass is 32.2. The second kappa shape index (κ2) is 9.53. The molecule has 0 radical (unpaired) electrons. The molecular formula is C17H18N2O5S. The zero-order valence-electron chi connectivity index (χ0n) is 13.6. The Morgan fingerprint density at radius 1 is 1.16 bits per heavy atom. The Labute approximate surface area is 149 Å². The van der Waals surface area contributed by atoms with Crippen molar-refractivity contribution in [1.82, 2.24) is 10.6 Å². The van der Waals surface area contributed by atoms with Gasteiger partial charge in [-0.2, -0.15) is 0 Å². The number of rotatable bonds is 7. The van der Waals surface area contributed by atoms with Crippen LogP contribution in [0.3, 0.4) is 0 Å². The summed E-state index contributed by atoms with van der Waals surface area (Å²) in [5.74, 6) is 0.0355. The Morgan fingerprint density at radius 3 is 2.68 bits per heavy atom. The molecule has 7 nitrogen and oxygen atoms in total. The third kappa shape index (κ3) is 6.00. The van der Waals surface area contributed by atoms with Gasteiger partial charge in [-0.25, -0.2) is 9.59 Å². The zero-order valence-corrected chi connectivity index (χ0v) is 14.4. The molecule has 1 aromatic carbocycles. The second-order valence-corrected chi connectivity index (χ2v) is 6.12. The fourth-order valence-corrected chi connectivity index (χ4v) is 2.71. The van der Waals surface area contributed by atoms with E-state index in [1.165, 1.54) is 18.0 Å². The van der Waals surface area contributed by atoms with Gasteiger partial charge in [0.05, 0.1) is 18.4 Å². The Kier molecular flexibility index (Phi) is 7.09. The third-order valence-corrected chi connectivity index (χ3v) is 3.95. The fraction of sp³-hybridized carbons (Fsp3) is 0.235. The Bertz CT molecular complexity index is 730. The predicted molar refractivity (Wildman–Crippen MR) is 92.2 cm³/mol. The molecule has 25 heavy (non-hydrogen) atoms. The summed E-state index contributed by atoms with van der Waals surface area (Å²) >= 11 is 1.51. The van der Waals surface area contributed by atoms with Gasteiger partial charge in [0.2, 0.25) is 0 Å². The first kappa shape index (κ1) is 18.6. The van der Waals surface area contributed by atoms with Crippen molar-refractivity contribution >= 4 is 29.7 Å². The number of hydrogen-bond donors (Lipinski definition) is 2. The number of hydrogen-bond acceptors (Lipinski definition) is 6. The lowest BCUT2D eigenvalue weighted by atomic mass is 10.2. The van der Waals surface area contributed by atoms with E-state index in [1.54, 1.807) is 24.3 Å². The van der Waals surface area contributed by atoms with E-state index >= 15 is 0 Å². The number of ether oxygens (including phenoxy) is 1. The molecule has 2 rings (SSSR count). The fourth-order valence-electron chi connectivity index (χ4n) is 1.91. The maximum Gasteiger partial charge on any atom is 0.339 e. The Hall–Kier alpha value is -2.74. The molecule has 0 fully saturated rings. The largest absolute Gasteiger partial charge is 0.467 e.